The van der Waals surface area contributed by atoms with Crippen LogP contribution < -0.4 is 10.5 Å². The number of nitrogens with zero attached hydrogens (tertiary/aromatic N) is 1. The summed E-state index contributed by atoms with van der Waals surface area (Å²) in [4.78, 5) is 2.20. The molecule has 4 heteroatoms. The zero-order valence-corrected chi connectivity index (χ0v) is 10.6. The number of benzene rings is 1. The number of hydrogen-bond acceptors (Lipinski definition) is 4. The minimum absolute atomic E-state index is 0.195. The third kappa shape index (κ3) is 4.63. The van der Waals surface area contributed by atoms with Crippen molar-refractivity contribution in [2.75, 3.05) is 26.7 Å². The molecule has 0 saturated carbocycles. The highest BCUT2D eigenvalue weighted by Crippen LogP contribution is 2.27. The summed E-state index contributed by atoms with van der Waals surface area (Å²) in [6, 6.07) is 5.48. The van der Waals surface area contributed by atoms with Crippen LogP contribution in [0.15, 0.2) is 18.2 Å². The van der Waals surface area contributed by atoms with Crippen LogP contribution in [-0.4, -0.2) is 36.8 Å². The van der Waals surface area contributed by atoms with Gasteiger partial charge >= 0.3 is 0 Å². The molecule has 0 aliphatic rings. The lowest BCUT2D eigenvalue weighted by Gasteiger charge is -2.17. The van der Waals surface area contributed by atoms with E-state index in [0.29, 0.717) is 18.9 Å². The monoisotopic (exact) mass is 238 g/mol. The predicted molar refractivity (Wildman–Crippen MR) is 69.3 cm³/mol. The average Bonchev–Trinajstić information content (AvgIpc) is 2.31. The van der Waals surface area contributed by atoms with Gasteiger partial charge in [0, 0.05) is 6.54 Å². The highest BCUT2D eigenvalue weighted by Gasteiger charge is 2.05. The van der Waals surface area contributed by atoms with E-state index in [0.717, 1.165) is 25.1 Å². The van der Waals surface area contributed by atoms with Gasteiger partial charge in [0.1, 0.15) is 0 Å². The Hall–Kier alpha value is -1.26. The fraction of sp³-hybridized carbons (Fsp3) is 0.538. The average molecular weight is 238 g/mol. The van der Waals surface area contributed by atoms with Gasteiger partial charge in [-0.05, 0) is 51.2 Å². The van der Waals surface area contributed by atoms with Crippen LogP contribution in [0.2, 0.25) is 0 Å². The van der Waals surface area contributed by atoms with Crippen molar-refractivity contribution in [2.45, 2.75) is 19.9 Å². The van der Waals surface area contributed by atoms with Crippen molar-refractivity contribution < 1.29 is 9.84 Å². The molecule has 0 fully saturated rings. The SMILES string of the molecule is CCOc1cc(CN(C)CCCN)ccc1O. The molecule has 96 valence electrons. The molecule has 3 N–H and O–H groups in total. The van der Waals surface area contributed by atoms with Crippen LogP contribution in [-0.2, 0) is 6.54 Å². The fourth-order valence-corrected chi connectivity index (χ4v) is 1.68. The van der Waals surface area contributed by atoms with Crippen LogP contribution in [0.25, 0.3) is 0 Å². The minimum atomic E-state index is 0.195. The largest absolute Gasteiger partial charge is 0.504 e. The smallest absolute Gasteiger partial charge is 0.161 e. The molecule has 0 bridgehead atoms. The topological polar surface area (TPSA) is 58.7 Å². The summed E-state index contributed by atoms with van der Waals surface area (Å²) in [6.07, 6.45) is 0.993. The standard InChI is InChI=1S/C13H22N2O2/c1-3-17-13-9-11(5-6-12(13)16)10-15(2)8-4-7-14/h5-6,9,16H,3-4,7-8,10,14H2,1-2H3. The number of hydrogen-bond donors (Lipinski definition) is 2. The van der Waals surface area contributed by atoms with Gasteiger partial charge in [0.15, 0.2) is 11.5 Å². The van der Waals surface area contributed by atoms with E-state index in [2.05, 4.69) is 11.9 Å². The molecule has 0 atom stereocenters. The number of aromatic hydroxyl groups is 1. The molecule has 1 aromatic carbocycles. The molecule has 0 unspecified atom stereocenters. The van der Waals surface area contributed by atoms with Gasteiger partial charge in [-0.3, -0.25) is 0 Å². The molecule has 17 heavy (non-hydrogen) atoms. The number of ether oxygens (including phenoxy) is 1. The van der Waals surface area contributed by atoms with Crippen molar-refractivity contribution >= 4 is 0 Å². The van der Waals surface area contributed by atoms with Crippen molar-refractivity contribution in [3.05, 3.63) is 23.8 Å². The lowest BCUT2D eigenvalue weighted by molar-refractivity contribution is 0.310. The normalized spacial score (nSPS) is 10.8. The van der Waals surface area contributed by atoms with E-state index in [1.807, 2.05) is 19.1 Å². The maximum Gasteiger partial charge on any atom is 0.161 e. The number of nitrogens with two attached hydrogens (primary N) is 1. The Labute approximate surface area is 103 Å². The Bertz CT molecular complexity index is 342. The van der Waals surface area contributed by atoms with Crippen LogP contribution in [0.1, 0.15) is 18.9 Å². The third-order valence-electron chi connectivity index (χ3n) is 2.52. The molecule has 0 aliphatic heterocycles. The molecular weight excluding hydrogens is 216 g/mol. The Morgan fingerprint density at radius 1 is 1.41 bits per heavy atom. The van der Waals surface area contributed by atoms with Crippen LogP contribution in [0.3, 0.4) is 0 Å². The van der Waals surface area contributed by atoms with Gasteiger partial charge in [-0.25, -0.2) is 0 Å². The highest BCUT2D eigenvalue weighted by molar-refractivity contribution is 5.41. The van der Waals surface area contributed by atoms with Crippen molar-refractivity contribution in [2.24, 2.45) is 5.73 Å². The van der Waals surface area contributed by atoms with Gasteiger partial charge in [-0.2, -0.15) is 0 Å². The zero-order valence-electron chi connectivity index (χ0n) is 10.6. The summed E-state index contributed by atoms with van der Waals surface area (Å²) < 4.78 is 5.35. The first-order valence-electron chi connectivity index (χ1n) is 6.00. The zero-order chi connectivity index (χ0) is 12.7. The van der Waals surface area contributed by atoms with E-state index in [1.165, 1.54) is 0 Å². The lowest BCUT2D eigenvalue weighted by atomic mass is 10.2. The van der Waals surface area contributed by atoms with Gasteiger partial charge < -0.3 is 20.5 Å². The second-order valence-corrected chi connectivity index (χ2v) is 4.12. The summed E-state index contributed by atoms with van der Waals surface area (Å²) in [5.74, 6) is 0.748. The van der Waals surface area contributed by atoms with E-state index in [4.69, 9.17) is 10.5 Å². The highest BCUT2D eigenvalue weighted by atomic mass is 16.5. The van der Waals surface area contributed by atoms with Crippen molar-refractivity contribution in [1.29, 1.82) is 0 Å². The number of phenolic OH excluding ortho intramolecular Hbond substituents is 1. The first-order valence-corrected chi connectivity index (χ1v) is 6.00. The van der Waals surface area contributed by atoms with Crippen molar-refractivity contribution in [1.82, 2.24) is 4.90 Å². The van der Waals surface area contributed by atoms with Gasteiger partial charge in [0.2, 0.25) is 0 Å². The van der Waals surface area contributed by atoms with E-state index >= 15 is 0 Å². The van der Waals surface area contributed by atoms with Gasteiger partial charge in [-0.15, -0.1) is 0 Å². The second-order valence-electron chi connectivity index (χ2n) is 4.12. The Balaban J connectivity index is 2.61. The maximum atomic E-state index is 9.59. The Kier molecular flexibility index (Phi) is 5.80. The molecule has 0 spiro atoms. The fourth-order valence-electron chi connectivity index (χ4n) is 1.68. The van der Waals surface area contributed by atoms with Crippen molar-refractivity contribution in [3.63, 3.8) is 0 Å². The number of rotatable bonds is 7. The third-order valence-corrected chi connectivity index (χ3v) is 2.52. The molecule has 0 heterocycles. The summed E-state index contributed by atoms with van der Waals surface area (Å²) in [5.41, 5.74) is 6.60. The predicted octanol–water partition coefficient (Wildman–Crippen LogP) is 1.57. The molecule has 4 nitrogen and oxygen atoms in total. The van der Waals surface area contributed by atoms with Crippen molar-refractivity contribution in [3.8, 4) is 11.5 Å². The molecule has 1 aromatic rings. The van der Waals surface area contributed by atoms with Gasteiger partial charge in [0.25, 0.3) is 0 Å². The van der Waals surface area contributed by atoms with Gasteiger partial charge in [-0.1, -0.05) is 6.07 Å². The molecule has 0 aliphatic carbocycles. The van der Waals surface area contributed by atoms with E-state index in [9.17, 15) is 5.11 Å². The lowest BCUT2D eigenvalue weighted by Crippen LogP contribution is -2.21. The summed E-state index contributed by atoms with van der Waals surface area (Å²) >= 11 is 0. The van der Waals surface area contributed by atoms with Crippen LogP contribution in [0, 0.1) is 0 Å². The maximum absolute atomic E-state index is 9.59. The number of phenols is 1. The van der Waals surface area contributed by atoms with Crippen LogP contribution in [0.4, 0.5) is 0 Å². The first kappa shape index (κ1) is 13.8. The van der Waals surface area contributed by atoms with E-state index < -0.39 is 0 Å². The molecule has 0 radical (unpaired) electrons. The van der Waals surface area contributed by atoms with E-state index in [1.54, 1.807) is 6.07 Å². The quantitative estimate of drug-likeness (QED) is 0.757. The van der Waals surface area contributed by atoms with E-state index in [-0.39, 0.29) is 5.75 Å². The minimum Gasteiger partial charge on any atom is -0.504 e. The summed E-state index contributed by atoms with van der Waals surface area (Å²) in [7, 11) is 2.06. The summed E-state index contributed by atoms with van der Waals surface area (Å²) in [5, 5.41) is 9.59. The van der Waals surface area contributed by atoms with Gasteiger partial charge in [0.05, 0.1) is 6.61 Å². The molecule has 0 aromatic heterocycles. The first-order chi connectivity index (χ1) is 8.17. The Morgan fingerprint density at radius 2 is 2.18 bits per heavy atom. The second kappa shape index (κ2) is 7.14. The molecule has 0 saturated heterocycles. The Morgan fingerprint density at radius 3 is 2.82 bits per heavy atom. The summed E-state index contributed by atoms with van der Waals surface area (Å²) in [6.45, 7) is 4.98. The van der Waals surface area contributed by atoms with Crippen LogP contribution in [0.5, 0.6) is 11.5 Å². The van der Waals surface area contributed by atoms with Crippen LogP contribution >= 0.6 is 0 Å². The molecule has 1 rings (SSSR count). The molecular formula is C13H22N2O2. The molecule has 0 amide bonds.